The quantitative estimate of drug-likeness (QED) is 0.361. The van der Waals surface area contributed by atoms with E-state index >= 15 is 0 Å². The van der Waals surface area contributed by atoms with E-state index in [0.717, 1.165) is 0 Å². The van der Waals surface area contributed by atoms with Crippen molar-refractivity contribution < 1.29 is 0 Å². The van der Waals surface area contributed by atoms with Crippen molar-refractivity contribution >= 4 is 0 Å². The van der Waals surface area contributed by atoms with Gasteiger partial charge in [0.15, 0.2) is 0 Å². The Kier molecular flexibility index (Phi) is 17.9. The third-order valence-electron chi connectivity index (χ3n) is 2.25. The zero-order chi connectivity index (χ0) is 13.7. The maximum Gasteiger partial charge on any atom is -0.00271 e. The average Bonchev–Trinajstić information content (AvgIpc) is 2.18. The van der Waals surface area contributed by atoms with Crippen LogP contribution in [0.3, 0.4) is 0 Å². The summed E-state index contributed by atoms with van der Waals surface area (Å²) in [6, 6.07) is 0. The first-order valence-corrected chi connectivity index (χ1v) is 5.75. The average molecular weight is 222 g/mol. The van der Waals surface area contributed by atoms with E-state index in [1.54, 1.807) is 0 Å². The van der Waals surface area contributed by atoms with Crippen LogP contribution in [0.4, 0.5) is 0 Å². The Balaban J connectivity index is -0.000000162. The summed E-state index contributed by atoms with van der Waals surface area (Å²) in [7, 11) is 0. The fourth-order valence-corrected chi connectivity index (χ4v) is 0. The molecule has 0 amide bonds. The minimum atomic E-state index is 1.43. The van der Waals surface area contributed by atoms with Crippen molar-refractivity contribution in [3.8, 4) is 11.8 Å². The molecule has 0 unspecified atom stereocenters. The Morgan fingerprint density at radius 2 is 0.562 bits per heavy atom. The molecule has 0 aromatic rings. The molecule has 16 heavy (non-hydrogen) atoms. The Bertz CT molecular complexity index is 213. The van der Waals surface area contributed by atoms with Crippen LogP contribution in [0.25, 0.3) is 0 Å². The molecule has 0 aromatic heterocycles. The number of rotatable bonds is 0. The summed E-state index contributed by atoms with van der Waals surface area (Å²) >= 11 is 0. The fourth-order valence-electron chi connectivity index (χ4n) is 0. The van der Waals surface area contributed by atoms with Crippen LogP contribution in [0.5, 0.6) is 0 Å². The normalized spacial score (nSPS) is 6.88. The Labute approximate surface area is 104 Å². The molecule has 0 aliphatic heterocycles. The number of hydrogen-bond acceptors (Lipinski definition) is 0. The highest BCUT2D eigenvalue weighted by Gasteiger charge is 1.75. The largest absolute Gasteiger partial charge is 0.107 e. The molecule has 0 aliphatic rings. The maximum atomic E-state index is 2.68. The molecule has 0 radical (unpaired) electrons. The van der Waals surface area contributed by atoms with Crippen LogP contribution < -0.4 is 0 Å². The molecule has 0 rings (SSSR count). The molecule has 0 saturated carbocycles. The molecule has 0 bridgehead atoms. The molecule has 0 aliphatic carbocycles. The highest BCUT2D eigenvalue weighted by Crippen LogP contribution is 1.97. The molecule has 0 fully saturated rings. The van der Waals surface area contributed by atoms with Crippen LogP contribution in [0.1, 0.15) is 69.2 Å². The fraction of sp³-hybridized carbons (Fsp3) is 0.625. The molecule has 0 heteroatoms. The van der Waals surface area contributed by atoms with Crippen LogP contribution in [0.15, 0.2) is 22.3 Å². The molecular weight excluding hydrogens is 192 g/mol. The van der Waals surface area contributed by atoms with Crippen molar-refractivity contribution in [3.63, 3.8) is 0 Å². The SMILES string of the molecule is CC#CC.CC(C)=C(C)C.CC(C)=C(C)C. The van der Waals surface area contributed by atoms with Crippen molar-refractivity contribution in [3.05, 3.63) is 22.3 Å². The minimum Gasteiger partial charge on any atom is -0.107 e. The van der Waals surface area contributed by atoms with E-state index < -0.39 is 0 Å². The Morgan fingerprint density at radius 1 is 0.438 bits per heavy atom. The van der Waals surface area contributed by atoms with E-state index in [1.807, 2.05) is 13.8 Å². The van der Waals surface area contributed by atoms with Crippen LogP contribution in [-0.4, -0.2) is 0 Å². The molecule has 0 heterocycles. The molecule has 0 saturated heterocycles. The van der Waals surface area contributed by atoms with E-state index in [0.29, 0.717) is 0 Å². The second-order valence-corrected chi connectivity index (χ2v) is 4.50. The summed E-state index contributed by atoms with van der Waals surface area (Å²) in [5.74, 6) is 5.36. The van der Waals surface area contributed by atoms with Gasteiger partial charge in [0.05, 0.1) is 0 Å². The van der Waals surface area contributed by atoms with Crippen molar-refractivity contribution in [1.29, 1.82) is 0 Å². The first kappa shape index (κ1) is 20.5. The van der Waals surface area contributed by atoms with Crippen molar-refractivity contribution in [2.75, 3.05) is 0 Å². The van der Waals surface area contributed by atoms with Gasteiger partial charge in [-0.2, -0.15) is 0 Å². The molecule has 0 aromatic carbocycles. The van der Waals surface area contributed by atoms with Crippen molar-refractivity contribution in [2.45, 2.75) is 69.2 Å². The molecular formula is C16H30. The van der Waals surface area contributed by atoms with Gasteiger partial charge in [-0.15, -0.1) is 11.8 Å². The lowest BCUT2D eigenvalue weighted by atomic mass is 10.2. The van der Waals surface area contributed by atoms with E-state index in [9.17, 15) is 0 Å². The highest BCUT2D eigenvalue weighted by molar-refractivity contribution is 5.02. The zero-order valence-electron chi connectivity index (χ0n) is 13.0. The Morgan fingerprint density at radius 3 is 0.562 bits per heavy atom. The van der Waals surface area contributed by atoms with E-state index in [2.05, 4.69) is 67.2 Å². The van der Waals surface area contributed by atoms with Gasteiger partial charge >= 0.3 is 0 Å². The summed E-state index contributed by atoms with van der Waals surface area (Å²) in [5, 5.41) is 0. The standard InChI is InChI=1S/2C6H12.C4H6/c2*1-5(2)6(3)4;1-3-4-2/h2*1-4H3;1-2H3. The molecule has 0 N–H and O–H groups in total. The van der Waals surface area contributed by atoms with Gasteiger partial charge in [-0.25, -0.2) is 0 Å². The summed E-state index contributed by atoms with van der Waals surface area (Å²) in [6.07, 6.45) is 0. The second-order valence-electron chi connectivity index (χ2n) is 4.50. The first-order chi connectivity index (χ1) is 7.20. The smallest absolute Gasteiger partial charge is 0.00271 e. The van der Waals surface area contributed by atoms with Crippen LogP contribution in [-0.2, 0) is 0 Å². The molecule has 94 valence electrons. The van der Waals surface area contributed by atoms with Gasteiger partial charge in [0.25, 0.3) is 0 Å². The van der Waals surface area contributed by atoms with Gasteiger partial charge < -0.3 is 0 Å². The topological polar surface area (TPSA) is 0 Å². The van der Waals surface area contributed by atoms with Gasteiger partial charge in [0, 0.05) is 0 Å². The number of hydrogen-bond donors (Lipinski definition) is 0. The Hall–Kier alpha value is -0.960. The summed E-state index contributed by atoms with van der Waals surface area (Å²) in [5.41, 5.74) is 5.70. The third-order valence-corrected chi connectivity index (χ3v) is 2.25. The monoisotopic (exact) mass is 222 g/mol. The van der Waals surface area contributed by atoms with Crippen molar-refractivity contribution in [2.24, 2.45) is 0 Å². The minimum absolute atomic E-state index is 1.43. The number of allylic oxidation sites excluding steroid dienone is 4. The lowest BCUT2D eigenvalue weighted by Gasteiger charge is -1.88. The summed E-state index contributed by atoms with van der Waals surface area (Å²) < 4.78 is 0. The molecule has 0 nitrogen and oxygen atoms in total. The lowest BCUT2D eigenvalue weighted by Crippen LogP contribution is -1.66. The molecule has 0 spiro atoms. The van der Waals surface area contributed by atoms with Gasteiger partial charge in [0.1, 0.15) is 0 Å². The summed E-state index contributed by atoms with van der Waals surface area (Å²) in [4.78, 5) is 0. The van der Waals surface area contributed by atoms with Gasteiger partial charge in [-0.3, -0.25) is 0 Å². The van der Waals surface area contributed by atoms with E-state index in [1.165, 1.54) is 22.3 Å². The van der Waals surface area contributed by atoms with E-state index in [-0.39, 0.29) is 0 Å². The summed E-state index contributed by atoms with van der Waals surface area (Å²) in [6.45, 7) is 20.6. The van der Waals surface area contributed by atoms with Gasteiger partial charge in [-0.05, 0) is 69.2 Å². The zero-order valence-corrected chi connectivity index (χ0v) is 13.0. The van der Waals surface area contributed by atoms with Crippen molar-refractivity contribution in [1.82, 2.24) is 0 Å². The highest BCUT2D eigenvalue weighted by atomic mass is 13.8. The van der Waals surface area contributed by atoms with Crippen LogP contribution >= 0.6 is 0 Å². The lowest BCUT2D eigenvalue weighted by molar-refractivity contribution is 1.23. The molecule has 0 atom stereocenters. The van der Waals surface area contributed by atoms with Gasteiger partial charge in [-0.1, -0.05) is 22.3 Å². The predicted molar refractivity (Wildman–Crippen MR) is 78.6 cm³/mol. The van der Waals surface area contributed by atoms with Gasteiger partial charge in [0.2, 0.25) is 0 Å². The third kappa shape index (κ3) is 29.2. The second kappa shape index (κ2) is 14.0. The van der Waals surface area contributed by atoms with E-state index in [4.69, 9.17) is 0 Å². The van der Waals surface area contributed by atoms with Crippen LogP contribution in [0, 0.1) is 11.8 Å². The maximum absolute atomic E-state index is 2.68. The predicted octanol–water partition coefficient (Wildman–Crippen LogP) is 5.75. The van der Waals surface area contributed by atoms with Crippen LogP contribution in [0.2, 0.25) is 0 Å². The first-order valence-electron chi connectivity index (χ1n) is 5.75.